The van der Waals surface area contributed by atoms with Crippen LogP contribution in [0.3, 0.4) is 0 Å². The van der Waals surface area contributed by atoms with Crippen molar-refractivity contribution in [3.8, 4) is 28.0 Å². The molecule has 0 radical (unpaired) electrons. The van der Waals surface area contributed by atoms with E-state index in [0.717, 1.165) is 46.1 Å². The average Bonchev–Trinajstić information content (AvgIpc) is 3.52. The summed E-state index contributed by atoms with van der Waals surface area (Å²) in [5, 5.41) is 6.35. The van der Waals surface area contributed by atoms with Gasteiger partial charge in [0.25, 0.3) is 5.91 Å². The van der Waals surface area contributed by atoms with Crippen LogP contribution < -0.4 is 10.5 Å². The fourth-order valence-electron chi connectivity index (χ4n) is 4.05. The maximum atomic E-state index is 11.4. The number of aromatic nitrogens is 3. The summed E-state index contributed by atoms with van der Waals surface area (Å²) in [6, 6.07) is 9.87. The minimum absolute atomic E-state index is 0.424. The van der Waals surface area contributed by atoms with Crippen molar-refractivity contribution < 1.29 is 9.53 Å². The number of fused-ring (bicyclic) bond motifs is 1. The number of hydrogen-bond acceptors (Lipinski definition) is 6. The minimum Gasteiger partial charge on any atom is -0.492 e. The number of likely N-dealkylation sites (tertiary alicyclic amines) is 1. The molecule has 4 heterocycles. The summed E-state index contributed by atoms with van der Waals surface area (Å²) in [6.07, 6.45) is 9.51. The molecule has 3 aromatic heterocycles. The zero-order valence-electron chi connectivity index (χ0n) is 21.3. The molecule has 1 saturated heterocycles. The molecule has 0 saturated carbocycles. The Balaban J connectivity index is 0.000000709. The predicted molar refractivity (Wildman–Crippen MR) is 147 cm³/mol. The van der Waals surface area contributed by atoms with Gasteiger partial charge in [0.1, 0.15) is 12.4 Å². The van der Waals surface area contributed by atoms with Crippen molar-refractivity contribution >= 4 is 22.9 Å². The van der Waals surface area contributed by atoms with E-state index < -0.39 is 5.91 Å². The lowest BCUT2D eigenvalue weighted by molar-refractivity contribution is 0.100. The van der Waals surface area contributed by atoms with Crippen molar-refractivity contribution in [2.45, 2.75) is 40.0 Å². The van der Waals surface area contributed by atoms with E-state index in [4.69, 9.17) is 10.5 Å². The van der Waals surface area contributed by atoms with Gasteiger partial charge >= 0.3 is 0 Å². The van der Waals surface area contributed by atoms with Crippen LogP contribution in [0.4, 0.5) is 0 Å². The lowest BCUT2D eigenvalue weighted by Crippen LogP contribution is -2.33. The molecule has 5 rings (SSSR count). The van der Waals surface area contributed by atoms with E-state index in [1.54, 1.807) is 16.8 Å². The molecule has 36 heavy (non-hydrogen) atoms. The van der Waals surface area contributed by atoms with Gasteiger partial charge in [0.05, 0.1) is 11.1 Å². The number of rotatable bonds is 7. The van der Waals surface area contributed by atoms with Gasteiger partial charge in [-0.25, -0.2) is 9.50 Å². The number of benzene rings is 1. The van der Waals surface area contributed by atoms with Gasteiger partial charge in [0.15, 0.2) is 5.65 Å². The van der Waals surface area contributed by atoms with Gasteiger partial charge in [-0.15, -0.1) is 11.3 Å². The van der Waals surface area contributed by atoms with Crippen molar-refractivity contribution in [2.75, 3.05) is 26.2 Å². The van der Waals surface area contributed by atoms with E-state index in [1.165, 1.54) is 43.7 Å². The fourth-order valence-corrected chi connectivity index (χ4v) is 4.81. The molecule has 2 N–H and O–H groups in total. The van der Waals surface area contributed by atoms with E-state index in [-0.39, 0.29) is 0 Å². The first-order valence-corrected chi connectivity index (χ1v) is 13.5. The Bertz CT molecular complexity index is 1270. The first kappa shape index (κ1) is 25.9. The molecule has 190 valence electrons. The monoisotopic (exact) mass is 505 g/mol. The second kappa shape index (κ2) is 12.1. The molecule has 7 nitrogen and oxygen atoms in total. The maximum absolute atomic E-state index is 11.4. The average molecular weight is 506 g/mol. The van der Waals surface area contributed by atoms with Gasteiger partial charge in [-0.3, -0.25) is 9.69 Å². The summed E-state index contributed by atoms with van der Waals surface area (Å²) >= 11 is 1.33. The number of amides is 1. The molecule has 0 atom stereocenters. The number of thiophene rings is 1. The Labute approximate surface area is 216 Å². The molecule has 1 aliphatic heterocycles. The van der Waals surface area contributed by atoms with Crippen LogP contribution in [0.5, 0.6) is 5.75 Å². The summed E-state index contributed by atoms with van der Waals surface area (Å²) in [5.74, 6) is 1.29. The second-order valence-corrected chi connectivity index (χ2v) is 10.7. The molecular weight excluding hydrogens is 470 g/mol. The molecule has 1 fully saturated rings. The van der Waals surface area contributed by atoms with Crippen LogP contribution in [0.15, 0.2) is 54.3 Å². The quantitative estimate of drug-likeness (QED) is 0.346. The Morgan fingerprint density at radius 3 is 2.44 bits per heavy atom. The van der Waals surface area contributed by atoms with Crippen LogP contribution in [0.25, 0.3) is 27.9 Å². The van der Waals surface area contributed by atoms with Gasteiger partial charge in [0.2, 0.25) is 0 Å². The Morgan fingerprint density at radius 1 is 1.06 bits per heavy atom. The molecule has 0 bridgehead atoms. The molecule has 1 aromatic carbocycles. The molecule has 1 aliphatic rings. The summed E-state index contributed by atoms with van der Waals surface area (Å²) < 4.78 is 7.69. The fraction of sp³-hybridized carbons (Fsp3) is 0.393. The van der Waals surface area contributed by atoms with E-state index in [0.29, 0.717) is 11.5 Å². The number of carbonyl (C=O) groups is 1. The first-order chi connectivity index (χ1) is 17.4. The third-order valence-electron chi connectivity index (χ3n) is 5.82. The highest BCUT2D eigenvalue weighted by Gasteiger charge is 2.13. The number of primary amides is 1. The van der Waals surface area contributed by atoms with Crippen molar-refractivity contribution in [3.05, 3.63) is 59.2 Å². The lowest BCUT2D eigenvalue weighted by Gasteiger charge is -2.26. The predicted octanol–water partition coefficient (Wildman–Crippen LogP) is 5.75. The number of ether oxygens (including phenoxy) is 1. The topological polar surface area (TPSA) is 85.8 Å². The summed E-state index contributed by atoms with van der Waals surface area (Å²) in [7, 11) is 0. The van der Waals surface area contributed by atoms with Crippen molar-refractivity contribution in [1.82, 2.24) is 19.5 Å². The Kier molecular flexibility index (Phi) is 8.72. The van der Waals surface area contributed by atoms with Gasteiger partial charge in [-0.2, -0.15) is 5.10 Å². The third kappa shape index (κ3) is 6.71. The van der Waals surface area contributed by atoms with Crippen LogP contribution in [-0.2, 0) is 0 Å². The number of nitrogens with two attached hydrogens (primary N) is 1. The zero-order valence-corrected chi connectivity index (χ0v) is 22.1. The lowest BCUT2D eigenvalue weighted by atomic mass is 10.1. The van der Waals surface area contributed by atoms with E-state index in [9.17, 15) is 4.79 Å². The zero-order chi connectivity index (χ0) is 25.5. The molecule has 0 unspecified atom stereocenters. The van der Waals surface area contributed by atoms with E-state index >= 15 is 0 Å². The van der Waals surface area contributed by atoms with E-state index in [1.807, 2.05) is 42.0 Å². The molecule has 0 aliphatic carbocycles. The van der Waals surface area contributed by atoms with Crippen LogP contribution in [0.1, 0.15) is 49.7 Å². The molecule has 4 aromatic rings. The van der Waals surface area contributed by atoms with Crippen LogP contribution in [0.2, 0.25) is 0 Å². The van der Waals surface area contributed by atoms with Crippen molar-refractivity contribution in [3.63, 3.8) is 0 Å². The smallest absolute Gasteiger partial charge is 0.258 e. The third-order valence-corrected chi connectivity index (χ3v) is 6.77. The maximum Gasteiger partial charge on any atom is 0.258 e. The number of nitrogens with zero attached hydrogens (tertiary/aromatic N) is 4. The van der Waals surface area contributed by atoms with Crippen LogP contribution >= 0.6 is 11.3 Å². The Hall–Kier alpha value is -3.23. The van der Waals surface area contributed by atoms with Crippen LogP contribution in [0, 0.1) is 5.92 Å². The number of piperidine rings is 1. The summed E-state index contributed by atoms with van der Waals surface area (Å²) in [5.41, 5.74) is 9.89. The van der Waals surface area contributed by atoms with Crippen molar-refractivity contribution in [1.29, 1.82) is 0 Å². The van der Waals surface area contributed by atoms with Crippen molar-refractivity contribution in [2.24, 2.45) is 11.7 Å². The molecule has 8 heteroatoms. The summed E-state index contributed by atoms with van der Waals surface area (Å²) in [6.45, 7) is 10.6. The summed E-state index contributed by atoms with van der Waals surface area (Å²) in [4.78, 5) is 19.0. The standard InChI is InChI=1S/C24H25N5O2S.C4H10/c25-23(30)22-12-18(16-32-22)21-14-27-29-15-19(13-26-24(21)29)17-4-6-20(7-5-17)31-11-10-28-8-2-1-3-9-28;1-4(2)3/h4-7,12-16H,1-3,8-11H2,(H2,25,30);4H,1-3H3. The molecule has 1 amide bonds. The highest BCUT2D eigenvalue weighted by Crippen LogP contribution is 2.29. The minimum atomic E-state index is -0.424. The Morgan fingerprint density at radius 2 is 1.78 bits per heavy atom. The van der Waals surface area contributed by atoms with Gasteiger partial charge in [0, 0.05) is 30.1 Å². The van der Waals surface area contributed by atoms with Gasteiger partial charge in [-0.1, -0.05) is 39.3 Å². The van der Waals surface area contributed by atoms with Gasteiger partial charge < -0.3 is 10.5 Å². The van der Waals surface area contributed by atoms with Gasteiger partial charge in [-0.05, 0) is 66.6 Å². The highest BCUT2D eigenvalue weighted by atomic mass is 32.1. The largest absolute Gasteiger partial charge is 0.492 e. The number of carbonyl (C=O) groups excluding carboxylic acids is 1. The van der Waals surface area contributed by atoms with E-state index in [2.05, 4.69) is 35.8 Å². The highest BCUT2D eigenvalue weighted by molar-refractivity contribution is 7.12. The van der Waals surface area contributed by atoms with Crippen LogP contribution in [-0.4, -0.2) is 51.6 Å². The SMILES string of the molecule is CC(C)C.NC(=O)c1cc(-c2cnn3cc(-c4ccc(OCCN5CCCCC5)cc4)cnc23)cs1. The second-order valence-electron chi connectivity index (χ2n) is 9.74. The molecular formula is C28H35N5O2S. The number of hydrogen-bond donors (Lipinski definition) is 1. The molecule has 0 spiro atoms. The normalized spacial score (nSPS) is 14.0. The first-order valence-electron chi connectivity index (χ1n) is 12.6.